The number of quaternary nitrogens is 1. The Bertz CT molecular complexity index is 521. The van der Waals surface area contributed by atoms with E-state index in [1.165, 1.54) is 23.4 Å². The van der Waals surface area contributed by atoms with Gasteiger partial charge in [-0.15, -0.1) is 0 Å². The molecule has 0 bridgehead atoms. The number of hydrogen-bond acceptors (Lipinski definition) is 3. The lowest BCUT2D eigenvalue weighted by Crippen LogP contribution is -3.16. The van der Waals surface area contributed by atoms with Gasteiger partial charge in [-0.25, -0.2) is 0 Å². The van der Waals surface area contributed by atoms with Gasteiger partial charge in [0.2, 0.25) is 0 Å². The maximum Gasteiger partial charge on any atom is 0.275 e. The monoisotopic (exact) mass is 318 g/mol. The molecule has 23 heavy (non-hydrogen) atoms. The van der Waals surface area contributed by atoms with Crippen molar-refractivity contribution < 1.29 is 14.4 Å². The molecule has 0 radical (unpaired) electrons. The van der Waals surface area contributed by atoms with Gasteiger partial charge in [-0.1, -0.05) is 18.9 Å². The third-order valence-corrected chi connectivity index (χ3v) is 5.02. The van der Waals surface area contributed by atoms with Crippen LogP contribution >= 0.6 is 0 Å². The van der Waals surface area contributed by atoms with Crippen LogP contribution in [0.4, 0.5) is 5.69 Å². The highest BCUT2D eigenvalue weighted by Crippen LogP contribution is 2.20. The number of nitrogens with one attached hydrogen (secondary N) is 2. The van der Waals surface area contributed by atoms with E-state index in [4.69, 9.17) is 4.74 Å². The quantitative estimate of drug-likeness (QED) is 0.829. The average Bonchev–Trinajstić information content (AvgIpc) is 3.08. The van der Waals surface area contributed by atoms with E-state index in [9.17, 15) is 4.79 Å². The Morgan fingerprint density at radius 2 is 2.04 bits per heavy atom. The summed E-state index contributed by atoms with van der Waals surface area (Å²) in [5.74, 6) is 1.12. The van der Waals surface area contributed by atoms with Gasteiger partial charge >= 0.3 is 0 Å². The highest BCUT2D eigenvalue weighted by Gasteiger charge is 2.24. The zero-order chi connectivity index (χ0) is 16.1. The van der Waals surface area contributed by atoms with Gasteiger partial charge in [0.25, 0.3) is 5.91 Å². The minimum Gasteiger partial charge on any atom is -0.497 e. The molecule has 126 valence electrons. The molecule has 1 saturated heterocycles. The van der Waals surface area contributed by atoms with Crippen LogP contribution < -0.4 is 19.9 Å². The van der Waals surface area contributed by atoms with Crippen molar-refractivity contribution in [3.63, 3.8) is 0 Å². The van der Waals surface area contributed by atoms with E-state index in [1.807, 2.05) is 12.1 Å². The van der Waals surface area contributed by atoms with Gasteiger partial charge in [0, 0.05) is 17.8 Å². The fourth-order valence-corrected chi connectivity index (χ4v) is 3.64. The van der Waals surface area contributed by atoms with Crippen molar-refractivity contribution in [2.24, 2.45) is 0 Å². The minimum atomic E-state index is 0.224. The molecule has 1 saturated carbocycles. The van der Waals surface area contributed by atoms with E-state index in [2.05, 4.69) is 22.3 Å². The fourth-order valence-electron chi connectivity index (χ4n) is 3.64. The molecule has 1 aliphatic heterocycles. The van der Waals surface area contributed by atoms with Crippen molar-refractivity contribution in [1.82, 2.24) is 5.32 Å². The lowest BCUT2D eigenvalue weighted by atomic mass is 10.2. The lowest BCUT2D eigenvalue weighted by Gasteiger charge is -2.33. The number of amides is 1. The lowest BCUT2D eigenvalue weighted by molar-refractivity contribution is -0.892. The molecule has 1 heterocycles. The van der Waals surface area contributed by atoms with Crippen molar-refractivity contribution in [1.29, 1.82) is 0 Å². The SMILES string of the molecule is COc1cccc(N2CC[NH+](CC(=O)NC3CCCC3)CC2)c1. The summed E-state index contributed by atoms with van der Waals surface area (Å²) >= 11 is 0. The highest BCUT2D eigenvalue weighted by molar-refractivity contribution is 5.77. The maximum atomic E-state index is 12.1. The number of carbonyl (C=O) groups excluding carboxylic acids is 1. The van der Waals surface area contributed by atoms with E-state index < -0.39 is 0 Å². The molecule has 0 spiro atoms. The van der Waals surface area contributed by atoms with Crippen LogP contribution in [0.2, 0.25) is 0 Å². The van der Waals surface area contributed by atoms with Crippen LogP contribution in [0.25, 0.3) is 0 Å². The molecule has 1 aromatic carbocycles. The minimum absolute atomic E-state index is 0.224. The Hall–Kier alpha value is -1.75. The molecular formula is C18H28N3O2+. The zero-order valence-electron chi connectivity index (χ0n) is 14.0. The Morgan fingerprint density at radius 1 is 1.30 bits per heavy atom. The summed E-state index contributed by atoms with van der Waals surface area (Å²) in [5, 5.41) is 3.19. The molecule has 1 aromatic rings. The molecule has 5 heteroatoms. The first kappa shape index (κ1) is 16.1. The van der Waals surface area contributed by atoms with Gasteiger partial charge < -0.3 is 19.9 Å². The van der Waals surface area contributed by atoms with Gasteiger partial charge in [-0.05, 0) is 25.0 Å². The molecule has 2 aliphatic rings. The number of anilines is 1. The van der Waals surface area contributed by atoms with Crippen molar-refractivity contribution in [2.45, 2.75) is 31.7 Å². The average molecular weight is 318 g/mol. The summed E-state index contributed by atoms with van der Waals surface area (Å²) in [6.07, 6.45) is 4.84. The number of hydrogen-bond donors (Lipinski definition) is 2. The number of benzene rings is 1. The predicted molar refractivity (Wildman–Crippen MR) is 91.2 cm³/mol. The van der Waals surface area contributed by atoms with Crippen LogP contribution in [-0.2, 0) is 4.79 Å². The normalized spacial score (nSPS) is 19.8. The third kappa shape index (κ3) is 4.38. The topological polar surface area (TPSA) is 46.0 Å². The highest BCUT2D eigenvalue weighted by atomic mass is 16.5. The van der Waals surface area contributed by atoms with Crippen LogP contribution in [-0.4, -0.2) is 51.8 Å². The van der Waals surface area contributed by atoms with Crippen LogP contribution in [0.1, 0.15) is 25.7 Å². The Balaban J connectivity index is 1.45. The van der Waals surface area contributed by atoms with Crippen molar-refractivity contribution in [3.05, 3.63) is 24.3 Å². The molecule has 3 rings (SSSR count). The van der Waals surface area contributed by atoms with Crippen molar-refractivity contribution in [2.75, 3.05) is 44.7 Å². The maximum absolute atomic E-state index is 12.1. The van der Waals surface area contributed by atoms with E-state index >= 15 is 0 Å². The second-order valence-corrected chi connectivity index (χ2v) is 6.66. The van der Waals surface area contributed by atoms with Gasteiger partial charge in [-0.3, -0.25) is 4.79 Å². The van der Waals surface area contributed by atoms with Crippen molar-refractivity contribution in [3.8, 4) is 5.75 Å². The van der Waals surface area contributed by atoms with E-state index in [0.717, 1.165) is 44.8 Å². The number of rotatable bonds is 5. The number of piperazine rings is 1. The molecule has 0 atom stereocenters. The largest absolute Gasteiger partial charge is 0.497 e. The number of methoxy groups -OCH3 is 1. The molecule has 2 N–H and O–H groups in total. The summed E-state index contributed by atoms with van der Waals surface area (Å²) in [5.41, 5.74) is 1.21. The predicted octanol–water partition coefficient (Wildman–Crippen LogP) is 0.459. The molecule has 1 amide bonds. The van der Waals surface area contributed by atoms with Crippen LogP contribution in [0.3, 0.4) is 0 Å². The van der Waals surface area contributed by atoms with E-state index in [1.54, 1.807) is 7.11 Å². The second kappa shape index (κ2) is 7.68. The Labute approximate surface area is 138 Å². The number of ether oxygens (including phenoxy) is 1. The molecule has 5 nitrogen and oxygen atoms in total. The second-order valence-electron chi connectivity index (χ2n) is 6.66. The van der Waals surface area contributed by atoms with Crippen molar-refractivity contribution >= 4 is 11.6 Å². The molecule has 1 aliphatic carbocycles. The smallest absolute Gasteiger partial charge is 0.275 e. The van der Waals surface area contributed by atoms with Gasteiger partial charge in [0.05, 0.1) is 33.3 Å². The Morgan fingerprint density at radius 3 is 2.74 bits per heavy atom. The first-order chi connectivity index (χ1) is 11.2. The van der Waals surface area contributed by atoms with E-state index in [-0.39, 0.29) is 5.91 Å². The van der Waals surface area contributed by atoms with Gasteiger partial charge in [-0.2, -0.15) is 0 Å². The zero-order valence-corrected chi connectivity index (χ0v) is 14.0. The summed E-state index contributed by atoms with van der Waals surface area (Å²) in [6, 6.07) is 8.64. The van der Waals surface area contributed by atoms with Crippen LogP contribution in [0.15, 0.2) is 24.3 Å². The van der Waals surface area contributed by atoms with E-state index in [0.29, 0.717) is 12.6 Å². The third-order valence-electron chi connectivity index (χ3n) is 5.02. The number of carbonyl (C=O) groups is 1. The van der Waals surface area contributed by atoms with Crippen LogP contribution in [0, 0.1) is 0 Å². The molecule has 0 unspecified atom stereocenters. The summed E-state index contributed by atoms with van der Waals surface area (Å²) in [6.45, 7) is 4.60. The summed E-state index contributed by atoms with van der Waals surface area (Å²) in [4.78, 5) is 15.9. The Kier molecular flexibility index (Phi) is 5.39. The number of nitrogens with zero attached hydrogens (tertiary/aromatic N) is 1. The molecule has 0 aromatic heterocycles. The van der Waals surface area contributed by atoms with Gasteiger partial charge in [0.15, 0.2) is 6.54 Å². The standard InChI is InChI=1S/C18H27N3O2/c1-23-17-8-4-7-16(13-17)21-11-9-20(10-12-21)14-18(22)19-15-5-2-3-6-15/h4,7-8,13,15H,2-3,5-6,9-12,14H2,1H3,(H,19,22)/p+1. The summed E-state index contributed by atoms with van der Waals surface area (Å²) in [7, 11) is 1.70. The first-order valence-electron chi connectivity index (χ1n) is 8.76. The summed E-state index contributed by atoms with van der Waals surface area (Å²) < 4.78 is 5.30. The first-order valence-corrected chi connectivity index (χ1v) is 8.76. The van der Waals surface area contributed by atoms with Crippen LogP contribution in [0.5, 0.6) is 5.75 Å². The fraction of sp³-hybridized carbons (Fsp3) is 0.611. The molecule has 2 fully saturated rings. The molecular weight excluding hydrogens is 290 g/mol. The van der Waals surface area contributed by atoms with Gasteiger partial charge in [0.1, 0.15) is 5.75 Å².